The summed E-state index contributed by atoms with van der Waals surface area (Å²) in [6, 6.07) is 40.2. The van der Waals surface area contributed by atoms with Gasteiger partial charge in [0.25, 0.3) is 0 Å². The molecule has 3 aromatic heterocycles. The van der Waals surface area contributed by atoms with Crippen LogP contribution in [0.1, 0.15) is 0 Å². The lowest BCUT2D eigenvalue weighted by molar-refractivity contribution is 1.18. The maximum Gasteiger partial charge on any atom is 0.159 e. The summed E-state index contributed by atoms with van der Waals surface area (Å²) in [6.45, 7) is 0. The summed E-state index contributed by atoms with van der Waals surface area (Å²) in [5.74, 6) is 0.731. The van der Waals surface area contributed by atoms with Crippen LogP contribution in [-0.2, 0) is 0 Å². The van der Waals surface area contributed by atoms with Gasteiger partial charge in [-0.25, -0.2) is 15.0 Å². The monoisotopic (exact) mass is 510 g/mol. The molecule has 0 bridgehead atoms. The van der Waals surface area contributed by atoms with Crippen LogP contribution in [0, 0.1) is 0 Å². The second kappa shape index (κ2) is 9.07. The Morgan fingerprint density at radius 1 is 0.350 bits per heavy atom. The van der Waals surface area contributed by atoms with Crippen molar-refractivity contribution in [1.82, 2.24) is 19.9 Å². The molecule has 0 aliphatic rings. The average Bonchev–Trinajstić information content (AvgIpc) is 3.04. The topological polar surface area (TPSA) is 51.6 Å². The number of hydrogen-bond acceptors (Lipinski definition) is 4. The predicted octanol–water partition coefficient (Wildman–Crippen LogP) is 8.88. The number of benzene rings is 5. The van der Waals surface area contributed by atoms with E-state index in [-0.39, 0.29) is 0 Å². The summed E-state index contributed by atoms with van der Waals surface area (Å²) in [6.07, 6.45) is 5.41. The van der Waals surface area contributed by atoms with Crippen molar-refractivity contribution in [3.8, 4) is 33.8 Å². The van der Waals surface area contributed by atoms with Gasteiger partial charge in [0.2, 0.25) is 0 Å². The summed E-state index contributed by atoms with van der Waals surface area (Å²) < 4.78 is 0. The van der Waals surface area contributed by atoms with Crippen LogP contribution in [0.25, 0.3) is 77.1 Å². The van der Waals surface area contributed by atoms with Crippen LogP contribution >= 0.6 is 0 Å². The first-order valence-corrected chi connectivity index (χ1v) is 13.3. The molecule has 0 unspecified atom stereocenters. The lowest BCUT2D eigenvalue weighted by Gasteiger charge is -2.15. The van der Waals surface area contributed by atoms with E-state index in [1.54, 1.807) is 12.4 Å². The molecule has 40 heavy (non-hydrogen) atoms. The molecule has 0 saturated heterocycles. The minimum absolute atomic E-state index is 0.731. The highest BCUT2D eigenvalue weighted by molar-refractivity contribution is 6.12. The summed E-state index contributed by atoms with van der Waals surface area (Å²) in [4.78, 5) is 18.8. The van der Waals surface area contributed by atoms with Crippen molar-refractivity contribution in [2.24, 2.45) is 0 Å². The fourth-order valence-electron chi connectivity index (χ4n) is 5.80. The first kappa shape index (κ1) is 22.5. The smallest absolute Gasteiger partial charge is 0.159 e. The molecule has 0 amide bonds. The van der Waals surface area contributed by atoms with Crippen molar-refractivity contribution < 1.29 is 0 Å². The SMILES string of the molecule is c1cnc(-c2ccc(-c3ccc(-c4ccc5ccc6cccnc6c5n4)c4ccccc34)c3ccccc23)nc1. The van der Waals surface area contributed by atoms with Gasteiger partial charge in [-0.3, -0.25) is 4.98 Å². The molecule has 8 rings (SSSR count). The van der Waals surface area contributed by atoms with E-state index >= 15 is 0 Å². The maximum atomic E-state index is 5.14. The summed E-state index contributed by atoms with van der Waals surface area (Å²) in [7, 11) is 0. The quantitative estimate of drug-likeness (QED) is 0.223. The van der Waals surface area contributed by atoms with E-state index < -0.39 is 0 Å². The Kier molecular flexibility index (Phi) is 5.10. The zero-order valence-electron chi connectivity index (χ0n) is 21.5. The molecule has 0 aliphatic heterocycles. The molecule has 0 fully saturated rings. The van der Waals surface area contributed by atoms with E-state index in [9.17, 15) is 0 Å². The Bertz CT molecular complexity index is 2220. The van der Waals surface area contributed by atoms with Gasteiger partial charge in [-0.15, -0.1) is 0 Å². The van der Waals surface area contributed by atoms with Gasteiger partial charge in [-0.05, 0) is 56.9 Å². The first-order valence-electron chi connectivity index (χ1n) is 13.3. The fraction of sp³-hybridized carbons (Fsp3) is 0. The average molecular weight is 511 g/mol. The van der Waals surface area contributed by atoms with Crippen molar-refractivity contribution >= 4 is 43.4 Å². The van der Waals surface area contributed by atoms with E-state index in [1.165, 1.54) is 27.3 Å². The number of fused-ring (bicyclic) bond motifs is 5. The van der Waals surface area contributed by atoms with Crippen molar-refractivity contribution in [2.75, 3.05) is 0 Å². The number of rotatable bonds is 3. The third-order valence-corrected chi connectivity index (χ3v) is 7.65. The van der Waals surface area contributed by atoms with Gasteiger partial charge in [0.15, 0.2) is 5.82 Å². The highest BCUT2D eigenvalue weighted by atomic mass is 14.9. The van der Waals surface area contributed by atoms with Gasteiger partial charge in [-0.1, -0.05) is 91.0 Å². The van der Waals surface area contributed by atoms with E-state index in [2.05, 4.69) is 118 Å². The standard InChI is InChI=1S/C36H22N4/c1-3-10-27-25(8-1)29(30-16-18-32(36-38-21-6-22-39-36)28-11-4-2-9-26(28)30)15-17-31(27)33-19-14-24-13-12-23-7-5-20-37-34(23)35(24)40-33/h1-22H. The molecule has 0 atom stereocenters. The Balaban J connectivity index is 1.35. The van der Waals surface area contributed by atoms with Gasteiger partial charge in [0.05, 0.1) is 16.7 Å². The largest absolute Gasteiger partial charge is 0.254 e. The first-order chi connectivity index (χ1) is 19.8. The van der Waals surface area contributed by atoms with Gasteiger partial charge in [0, 0.05) is 40.5 Å². The van der Waals surface area contributed by atoms with Crippen LogP contribution in [0.2, 0.25) is 0 Å². The molecule has 0 aliphatic carbocycles. The Morgan fingerprint density at radius 2 is 0.875 bits per heavy atom. The lowest BCUT2D eigenvalue weighted by Crippen LogP contribution is -1.92. The van der Waals surface area contributed by atoms with Gasteiger partial charge in [0.1, 0.15) is 0 Å². The van der Waals surface area contributed by atoms with E-state index in [1.807, 2.05) is 18.3 Å². The number of aromatic nitrogens is 4. The molecule has 0 radical (unpaired) electrons. The van der Waals surface area contributed by atoms with Crippen molar-refractivity contribution in [3.63, 3.8) is 0 Å². The van der Waals surface area contributed by atoms with Crippen molar-refractivity contribution in [2.45, 2.75) is 0 Å². The van der Waals surface area contributed by atoms with Gasteiger partial charge in [-0.2, -0.15) is 0 Å². The normalized spacial score (nSPS) is 11.5. The van der Waals surface area contributed by atoms with Crippen LogP contribution in [0.5, 0.6) is 0 Å². The molecule has 0 saturated carbocycles. The zero-order valence-corrected chi connectivity index (χ0v) is 21.5. The molecule has 0 spiro atoms. The highest BCUT2D eigenvalue weighted by Crippen LogP contribution is 2.40. The third-order valence-electron chi connectivity index (χ3n) is 7.65. The number of hydrogen-bond donors (Lipinski definition) is 0. The van der Waals surface area contributed by atoms with Crippen LogP contribution in [0.15, 0.2) is 134 Å². The fourth-order valence-corrected chi connectivity index (χ4v) is 5.80. The molecule has 3 heterocycles. The molecule has 8 aromatic rings. The summed E-state index contributed by atoms with van der Waals surface area (Å²) >= 11 is 0. The Labute approximate surface area is 230 Å². The molecule has 4 heteroatoms. The lowest BCUT2D eigenvalue weighted by atomic mass is 9.89. The predicted molar refractivity (Wildman–Crippen MR) is 164 cm³/mol. The van der Waals surface area contributed by atoms with E-state index in [0.717, 1.165) is 49.8 Å². The van der Waals surface area contributed by atoms with Crippen LogP contribution in [0.3, 0.4) is 0 Å². The molecule has 4 nitrogen and oxygen atoms in total. The minimum atomic E-state index is 0.731. The molecular formula is C36H22N4. The summed E-state index contributed by atoms with van der Waals surface area (Å²) in [5, 5.41) is 6.84. The number of pyridine rings is 2. The van der Waals surface area contributed by atoms with E-state index in [4.69, 9.17) is 4.98 Å². The van der Waals surface area contributed by atoms with Crippen molar-refractivity contribution in [1.29, 1.82) is 0 Å². The van der Waals surface area contributed by atoms with Crippen LogP contribution in [-0.4, -0.2) is 19.9 Å². The van der Waals surface area contributed by atoms with Crippen molar-refractivity contribution in [3.05, 3.63) is 134 Å². The van der Waals surface area contributed by atoms with Crippen LogP contribution in [0.4, 0.5) is 0 Å². The van der Waals surface area contributed by atoms with Gasteiger partial charge >= 0.3 is 0 Å². The minimum Gasteiger partial charge on any atom is -0.254 e. The highest BCUT2D eigenvalue weighted by Gasteiger charge is 2.15. The van der Waals surface area contributed by atoms with E-state index in [0.29, 0.717) is 0 Å². The Hall–Kier alpha value is -5.48. The summed E-state index contributed by atoms with van der Waals surface area (Å²) in [5.41, 5.74) is 7.29. The second-order valence-corrected chi connectivity index (χ2v) is 9.89. The Morgan fingerprint density at radius 3 is 1.57 bits per heavy atom. The van der Waals surface area contributed by atoms with Gasteiger partial charge < -0.3 is 0 Å². The molecular weight excluding hydrogens is 488 g/mol. The molecule has 186 valence electrons. The van der Waals surface area contributed by atoms with Crippen LogP contribution < -0.4 is 0 Å². The second-order valence-electron chi connectivity index (χ2n) is 9.89. The maximum absolute atomic E-state index is 5.14. The molecule has 5 aromatic carbocycles. The number of nitrogens with zero attached hydrogens (tertiary/aromatic N) is 4. The third kappa shape index (κ3) is 3.54. The zero-order chi connectivity index (χ0) is 26.5. The molecule has 0 N–H and O–H groups in total.